The minimum absolute atomic E-state index is 0. The molecule has 0 bridgehead atoms. The van der Waals surface area contributed by atoms with Crippen LogP contribution in [0.2, 0.25) is 0 Å². The Kier molecular flexibility index (Phi) is 7.82. The fraction of sp³-hybridized carbons (Fsp3) is 0.462. The predicted octanol–water partition coefficient (Wildman–Crippen LogP) is 2.96. The molecule has 1 aromatic rings. The molecular formula is C13H20ClIN2O. The number of hydrogen-bond acceptors (Lipinski definition) is 2. The van der Waals surface area contributed by atoms with E-state index in [9.17, 15) is 4.79 Å². The van der Waals surface area contributed by atoms with Crippen LogP contribution < -0.4 is 11.1 Å². The molecule has 0 aliphatic heterocycles. The van der Waals surface area contributed by atoms with Crippen molar-refractivity contribution in [3.8, 4) is 0 Å². The number of hydrogen-bond donors (Lipinski definition) is 2. The molecule has 5 heteroatoms. The van der Waals surface area contributed by atoms with Gasteiger partial charge in [0.2, 0.25) is 0 Å². The SMILES string of the molecule is CCC(CC)(CN)NC(=O)c1cccc(I)c1.Cl. The van der Waals surface area contributed by atoms with Gasteiger partial charge in [-0.1, -0.05) is 19.9 Å². The molecule has 18 heavy (non-hydrogen) atoms. The number of nitrogens with one attached hydrogen (secondary N) is 1. The van der Waals surface area contributed by atoms with Gasteiger partial charge in [0.15, 0.2) is 0 Å². The zero-order valence-electron chi connectivity index (χ0n) is 10.7. The van der Waals surface area contributed by atoms with E-state index in [2.05, 4.69) is 27.9 Å². The molecule has 3 nitrogen and oxygen atoms in total. The van der Waals surface area contributed by atoms with Gasteiger partial charge in [0, 0.05) is 15.7 Å². The molecule has 0 saturated carbocycles. The van der Waals surface area contributed by atoms with Crippen molar-refractivity contribution in [2.75, 3.05) is 6.54 Å². The molecule has 0 fully saturated rings. The quantitative estimate of drug-likeness (QED) is 0.769. The Balaban J connectivity index is 0.00000289. The minimum atomic E-state index is -0.279. The lowest BCUT2D eigenvalue weighted by atomic mass is 9.92. The topological polar surface area (TPSA) is 55.1 Å². The van der Waals surface area contributed by atoms with E-state index in [4.69, 9.17) is 5.73 Å². The van der Waals surface area contributed by atoms with Crippen molar-refractivity contribution >= 4 is 40.9 Å². The molecular weight excluding hydrogens is 363 g/mol. The van der Waals surface area contributed by atoms with Gasteiger partial charge in [0.25, 0.3) is 5.91 Å². The maximum absolute atomic E-state index is 12.1. The van der Waals surface area contributed by atoms with Crippen molar-refractivity contribution in [3.63, 3.8) is 0 Å². The lowest BCUT2D eigenvalue weighted by molar-refractivity contribution is 0.0895. The number of benzene rings is 1. The smallest absolute Gasteiger partial charge is 0.251 e. The summed E-state index contributed by atoms with van der Waals surface area (Å²) in [5.41, 5.74) is 6.18. The second kappa shape index (κ2) is 7.96. The third kappa shape index (κ3) is 4.40. The lowest BCUT2D eigenvalue weighted by Gasteiger charge is -2.31. The lowest BCUT2D eigenvalue weighted by Crippen LogP contribution is -2.52. The average Bonchev–Trinajstić information content (AvgIpc) is 2.36. The van der Waals surface area contributed by atoms with Crippen molar-refractivity contribution in [3.05, 3.63) is 33.4 Å². The summed E-state index contributed by atoms with van der Waals surface area (Å²) in [6.45, 7) is 4.56. The van der Waals surface area contributed by atoms with Crippen LogP contribution in [0, 0.1) is 3.57 Å². The van der Waals surface area contributed by atoms with Crippen LogP contribution in [-0.2, 0) is 0 Å². The third-order valence-electron chi connectivity index (χ3n) is 3.21. The maximum Gasteiger partial charge on any atom is 0.251 e. The molecule has 1 aromatic carbocycles. The van der Waals surface area contributed by atoms with Crippen molar-refractivity contribution in [2.45, 2.75) is 32.2 Å². The molecule has 3 N–H and O–H groups in total. The monoisotopic (exact) mass is 382 g/mol. The summed E-state index contributed by atoms with van der Waals surface area (Å²) in [7, 11) is 0. The van der Waals surface area contributed by atoms with Gasteiger partial charge in [0.05, 0.1) is 5.54 Å². The third-order valence-corrected chi connectivity index (χ3v) is 3.88. The minimum Gasteiger partial charge on any atom is -0.345 e. The second-order valence-corrected chi connectivity index (χ2v) is 5.40. The van der Waals surface area contributed by atoms with Crippen molar-refractivity contribution in [1.29, 1.82) is 0 Å². The van der Waals surface area contributed by atoms with E-state index in [-0.39, 0.29) is 23.9 Å². The summed E-state index contributed by atoms with van der Waals surface area (Å²) in [6, 6.07) is 7.55. The van der Waals surface area contributed by atoms with Crippen LogP contribution in [0.4, 0.5) is 0 Å². The van der Waals surface area contributed by atoms with Gasteiger partial charge in [-0.25, -0.2) is 0 Å². The van der Waals surface area contributed by atoms with E-state index in [0.29, 0.717) is 12.1 Å². The molecule has 0 aliphatic carbocycles. The number of carbonyl (C=O) groups excluding carboxylic acids is 1. The first kappa shape index (κ1) is 17.7. The first-order valence-corrected chi connectivity index (χ1v) is 6.93. The zero-order chi connectivity index (χ0) is 12.9. The molecule has 0 saturated heterocycles. The molecule has 0 heterocycles. The van der Waals surface area contributed by atoms with Crippen LogP contribution in [0.5, 0.6) is 0 Å². The van der Waals surface area contributed by atoms with Crippen LogP contribution in [0.15, 0.2) is 24.3 Å². The highest BCUT2D eigenvalue weighted by atomic mass is 127. The van der Waals surface area contributed by atoms with Gasteiger partial charge >= 0.3 is 0 Å². The van der Waals surface area contributed by atoms with Crippen molar-refractivity contribution in [1.82, 2.24) is 5.32 Å². The fourth-order valence-electron chi connectivity index (χ4n) is 1.71. The van der Waals surface area contributed by atoms with E-state index in [1.807, 2.05) is 38.1 Å². The van der Waals surface area contributed by atoms with Gasteiger partial charge in [0.1, 0.15) is 0 Å². The average molecular weight is 383 g/mol. The normalized spacial score (nSPS) is 10.7. The van der Waals surface area contributed by atoms with Gasteiger partial charge in [-0.15, -0.1) is 12.4 Å². The number of nitrogens with two attached hydrogens (primary N) is 1. The maximum atomic E-state index is 12.1. The molecule has 0 radical (unpaired) electrons. The van der Waals surface area contributed by atoms with E-state index in [1.165, 1.54) is 0 Å². The van der Waals surface area contributed by atoms with E-state index < -0.39 is 0 Å². The first-order valence-electron chi connectivity index (χ1n) is 5.85. The van der Waals surface area contributed by atoms with Crippen LogP contribution in [-0.4, -0.2) is 18.0 Å². The summed E-state index contributed by atoms with van der Waals surface area (Å²) in [5.74, 6) is -0.0438. The van der Waals surface area contributed by atoms with E-state index >= 15 is 0 Å². The molecule has 0 unspecified atom stereocenters. The number of halogens is 2. The molecule has 0 spiro atoms. The first-order chi connectivity index (χ1) is 8.06. The number of carbonyl (C=O) groups is 1. The summed E-state index contributed by atoms with van der Waals surface area (Å²) in [6.07, 6.45) is 1.69. The Hall–Kier alpha value is -0.330. The standard InChI is InChI=1S/C13H19IN2O.ClH/c1-3-13(4-2,9-15)16-12(17)10-6-5-7-11(14)8-10;/h5-8H,3-4,9,15H2,1-2H3,(H,16,17);1H. The molecule has 0 aliphatic rings. The highest BCUT2D eigenvalue weighted by Gasteiger charge is 2.26. The Morgan fingerprint density at radius 3 is 2.44 bits per heavy atom. The number of amides is 1. The fourth-order valence-corrected chi connectivity index (χ4v) is 2.25. The van der Waals surface area contributed by atoms with Gasteiger partial charge < -0.3 is 11.1 Å². The second-order valence-electron chi connectivity index (χ2n) is 4.16. The van der Waals surface area contributed by atoms with Gasteiger partial charge in [-0.2, -0.15) is 0 Å². The van der Waals surface area contributed by atoms with Crippen LogP contribution in [0.3, 0.4) is 0 Å². The highest BCUT2D eigenvalue weighted by molar-refractivity contribution is 14.1. The predicted molar refractivity (Wildman–Crippen MR) is 86.2 cm³/mol. The van der Waals surface area contributed by atoms with Crippen molar-refractivity contribution in [2.24, 2.45) is 5.73 Å². The molecule has 102 valence electrons. The number of rotatable bonds is 5. The van der Waals surface area contributed by atoms with Crippen molar-refractivity contribution < 1.29 is 4.79 Å². The molecule has 1 rings (SSSR count). The Morgan fingerprint density at radius 1 is 1.39 bits per heavy atom. The summed E-state index contributed by atoms with van der Waals surface area (Å²) >= 11 is 2.20. The zero-order valence-corrected chi connectivity index (χ0v) is 13.7. The summed E-state index contributed by atoms with van der Waals surface area (Å²) < 4.78 is 1.06. The molecule has 1 amide bonds. The van der Waals surface area contributed by atoms with Gasteiger partial charge in [-0.05, 0) is 53.6 Å². The van der Waals surface area contributed by atoms with E-state index in [1.54, 1.807) is 0 Å². The Morgan fingerprint density at radius 2 is 2.00 bits per heavy atom. The van der Waals surface area contributed by atoms with Crippen LogP contribution in [0.25, 0.3) is 0 Å². The Bertz CT molecular complexity index is 386. The Labute approximate surface area is 128 Å². The molecule has 0 atom stereocenters. The summed E-state index contributed by atoms with van der Waals surface area (Å²) in [5, 5.41) is 3.06. The van der Waals surface area contributed by atoms with Crippen LogP contribution >= 0.6 is 35.0 Å². The highest BCUT2D eigenvalue weighted by Crippen LogP contribution is 2.15. The van der Waals surface area contributed by atoms with E-state index in [0.717, 1.165) is 16.4 Å². The van der Waals surface area contributed by atoms with Crippen LogP contribution in [0.1, 0.15) is 37.0 Å². The largest absolute Gasteiger partial charge is 0.345 e. The van der Waals surface area contributed by atoms with Gasteiger partial charge in [-0.3, -0.25) is 4.79 Å². The molecule has 0 aromatic heterocycles. The summed E-state index contributed by atoms with van der Waals surface area (Å²) in [4.78, 5) is 12.1.